The van der Waals surface area contributed by atoms with Gasteiger partial charge in [0.2, 0.25) is 5.91 Å². The van der Waals surface area contributed by atoms with Gasteiger partial charge in [-0.25, -0.2) is 0 Å². The van der Waals surface area contributed by atoms with Gasteiger partial charge in [-0.15, -0.1) is 0 Å². The van der Waals surface area contributed by atoms with Gasteiger partial charge in [0.25, 0.3) is 0 Å². The maximum absolute atomic E-state index is 11.6. The Morgan fingerprint density at radius 3 is 3.00 bits per heavy atom. The predicted molar refractivity (Wildman–Crippen MR) is 62.2 cm³/mol. The summed E-state index contributed by atoms with van der Waals surface area (Å²) in [6.45, 7) is 2.75. The molecule has 2 rings (SSSR count). The fourth-order valence-electron chi connectivity index (χ4n) is 2.47. The van der Waals surface area contributed by atoms with Crippen molar-refractivity contribution in [2.75, 3.05) is 19.7 Å². The van der Waals surface area contributed by atoms with Crippen molar-refractivity contribution < 1.29 is 9.53 Å². The Morgan fingerprint density at radius 1 is 1.38 bits per heavy atom. The molecule has 2 heterocycles. The zero-order chi connectivity index (χ0) is 11.2. The van der Waals surface area contributed by atoms with Gasteiger partial charge in [0.1, 0.15) is 0 Å². The molecule has 0 saturated carbocycles. The smallest absolute Gasteiger partial charge is 0.222 e. The fraction of sp³-hybridized carbons (Fsp3) is 0.917. The summed E-state index contributed by atoms with van der Waals surface area (Å²) < 4.78 is 5.43. The molecule has 0 aliphatic carbocycles. The first kappa shape index (κ1) is 11.9. The Labute approximate surface area is 97.1 Å². The molecule has 2 atom stereocenters. The van der Waals surface area contributed by atoms with Crippen LogP contribution in [0, 0.1) is 0 Å². The predicted octanol–water partition coefficient (Wildman–Crippen LogP) is 0.814. The second kappa shape index (κ2) is 6.21. The van der Waals surface area contributed by atoms with Gasteiger partial charge in [-0.1, -0.05) is 0 Å². The SMILES string of the molecule is O=C(CC1CCCO1)NCC[C@@H]1CCCN1. The molecule has 0 aromatic rings. The summed E-state index contributed by atoms with van der Waals surface area (Å²) in [6.07, 6.45) is 6.43. The molecule has 92 valence electrons. The first-order valence-electron chi connectivity index (χ1n) is 6.46. The quantitative estimate of drug-likeness (QED) is 0.729. The van der Waals surface area contributed by atoms with Crippen LogP contribution < -0.4 is 10.6 Å². The number of nitrogens with one attached hydrogen (secondary N) is 2. The fourth-order valence-corrected chi connectivity index (χ4v) is 2.47. The van der Waals surface area contributed by atoms with E-state index in [1.807, 2.05) is 0 Å². The second-order valence-corrected chi connectivity index (χ2v) is 4.77. The highest BCUT2D eigenvalue weighted by molar-refractivity contribution is 5.76. The van der Waals surface area contributed by atoms with Gasteiger partial charge in [0.05, 0.1) is 12.5 Å². The molecule has 4 nitrogen and oxygen atoms in total. The summed E-state index contributed by atoms with van der Waals surface area (Å²) in [5, 5.41) is 6.40. The maximum atomic E-state index is 11.6. The Kier molecular flexibility index (Phi) is 4.60. The summed E-state index contributed by atoms with van der Waals surface area (Å²) in [6, 6.07) is 0.614. The zero-order valence-electron chi connectivity index (χ0n) is 9.84. The third-order valence-electron chi connectivity index (χ3n) is 3.41. The molecule has 0 radical (unpaired) electrons. The molecule has 0 bridgehead atoms. The molecule has 2 aliphatic rings. The van der Waals surface area contributed by atoms with E-state index in [0.29, 0.717) is 12.5 Å². The van der Waals surface area contributed by atoms with Crippen molar-refractivity contribution in [3.8, 4) is 0 Å². The number of ether oxygens (including phenoxy) is 1. The van der Waals surface area contributed by atoms with Crippen LogP contribution in [0.25, 0.3) is 0 Å². The van der Waals surface area contributed by atoms with E-state index in [0.717, 1.165) is 39.0 Å². The normalized spacial score (nSPS) is 29.5. The van der Waals surface area contributed by atoms with E-state index in [1.54, 1.807) is 0 Å². The minimum atomic E-state index is 0.143. The highest BCUT2D eigenvalue weighted by atomic mass is 16.5. The van der Waals surface area contributed by atoms with E-state index in [-0.39, 0.29) is 12.0 Å². The van der Waals surface area contributed by atoms with Crippen molar-refractivity contribution in [2.24, 2.45) is 0 Å². The zero-order valence-corrected chi connectivity index (χ0v) is 9.84. The van der Waals surface area contributed by atoms with Crippen molar-refractivity contribution in [3.05, 3.63) is 0 Å². The van der Waals surface area contributed by atoms with Crippen molar-refractivity contribution in [3.63, 3.8) is 0 Å². The standard InChI is InChI=1S/C12H22N2O2/c15-12(9-11-4-2-8-16-11)14-7-5-10-3-1-6-13-10/h10-11,13H,1-9H2,(H,14,15)/t10-,11?/m0/s1. The number of carbonyl (C=O) groups excluding carboxylic acids is 1. The first-order valence-corrected chi connectivity index (χ1v) is 6.46. The van der Waals surface area contributed by atoms with Crippen LogP contribution in [0.4, 0.5) is 0 Å². The van der Waals surface area contributed by atoms with E-state index in [1.165, 1.54) is 12.8 Å². The topological polar surface area (TPSA) is 50.4 Å². The molecule has 2 N–H and O–H groups in total. The van der Waals surface area contributed by atoms with Gasteiger partial charge in [-0.2, -0.15) is 0 Å². The molecule has 4 heteroatoms. The van der Waals surface area contributed by atoms with Gasteiger partial charge in [-0.05, 0) is 38.6 Å². The van der Waals surface area contributed by atoms with Crippen LogP contribution in [-0.4, -0.2) is 37.7 Å². The van der Waals surface area contributed by atoms with Crippen molar-refractivity contribution in [2.45, 2.75) is 50.7 Å². The molecule has 1 unspecified atom stereocenters. The minimum Gasteiger partial charge on any atom is -0.378 e. The minimum absolute atomic E-state index is 0.143. The average Bonchev–Trinajstić information content (AvgIpc) is 2.90. The molecule has 2 fully saturated rings. The van der Waals surface area contributed by atoms with Crippen LogP contribution >= 0.6 is 0 Å². The van der Waals surface area contributed by atoms with E-state index < -0.39 is 0 Å². The van der Waals surface area contributed by atoms with Crippen molar-refractivity contribution >= 4 is 5.91 Å². The van der Waals surface area contributed by atoms with Crippen LogP contribution in [0.1, 0.15) is 38.5 Å². The highest BCUT2D eigenvalue weighted by Crippen LogP contribution is 2.15. The Balaban J connectivity index is 1.52. The monoisotopic (exact) mass is 226 g/mol. The third kappa shape index (κ3) is 3.76. The summed E-state index contributed by atoms with van der Waals surface area (Å²) >= 11 is 0. The lowest BCUT2D eigenvalue weighted by molar-refractivity contribution is -0.123. The second-order valence-electron chi connectivity index (χ2n) is 4.77. The van der Waals surface area contributed by atoms with Crippen LogP contribution in [0.3, 0.4) is 0 Å². The van der Waals surface area contributed by atoms with E-state index in [2.05, 4.69) is 10.6 Å². The van der Waals surface area contributed by atoms with Gasteiger partial charge >= 0.3 is 0 Å². The van der Waals surface area contributed by atoms with Crippen LogP contribution in [0.5, 0.6) is 0 Å². The first-order chi connectivity index (χ1) is 7.84. The summed E-state index contributed by atoms with van der Waals surface area (Å²) in [4.78, 5) is 11.6. The van der Waals surface area contributed by atoms with Gasteiger partial charge in [-0.3, -0.25) is 4.79 Å². The molecule has 2 aliphatic heterocycles. The summed E-state index contributed by atoms with van der Waals surface area (Å²) in [7, 11) is 0. The Morgan fingerprint density at radius 2 is 2.31 bits per heavy atom. The average molecular weight is 226 g/mol. The highest BCUT2D eigenvalue weighted by Gasteiger charge is 2.19. The van der Waals surface area contributed by atoms with Gasteiger partial charge in [0.15, 0.2) is 0 Å². The van der Waals surface area contributed by atoms with Gasteiger partial charge < -0.3 is 15.4 Å². The third-order valence-corrected chi connectivity index (χ3v) is 3.41. The van der Waals surface area contributed by atoms with E-state index in [4.69, 9.17) is 4.74 Å². The van der Waals surface area contributed by atoms with E-state index in [9.17, 15) is 4.79 Å². The van der Waals surface area contributed by atoms with E-state index >= 15 is 0 Å². The summed E-state index contributed by atoms with van der Waals surface area (Å²) in [5.74, 6) is 0.143. The molecule has 16 heavy (non-hydrogen) atoms. The van der Waals surface area contributed by atoms with Crippen molar-refractivity contribution in [1.29, 1.82) is 0 Å². The molecule has 0 aromatic heterocycles. The number of rotatable bonds is 5. The lowest BCUT2D eigenvalue weighted by atomic mass is 10.1. The van der Waals surface area contributed by atoms with Gasteiger partial charge in [0, 0.05) is 19.2 Å². The molecule has 1 amide bonds. The number of hydrogen-bond donors (Lipinski definition) is 2. The molecule has 0 aromatic carbocycles. The number of amides is 1. The van der Waals surface area contributed by atoms with Crippen LogP contribution in [0.2, 0.25) is 0 Å². The Bertz CT molecular complexity index is 221. The summed E-state index contributed by atoms with van der Waals surface area (Å²) in [5.41, 5.74) is 0. The Hall–Kier alpha value is -0.610. The molecule has 0 spiro atoms. The largest absolute Gasteiger partial charge is 0.378 e. The molecular formula is C12H22N2O2. The number of hydrogen-bond acceptors (Lipinski definition) is 3. The maximum Gasteiger partial charge on any atom is 0.222 e. The van der Waals surface area contributed by atoms with Crippen LogP contribution in [-0.2, 0) is 9.53 Å². The molecular weight excluding hydrogens is 204 g/mol. The van der Waals surface area contributed by atoms with Crippen LogP contribution in [0.15, 0.2) is 0 Å². The lowest BCUT2D eigenvalue weighted by Crippen LogP contribution is -2.32. The lowest BCUT2D eigenvalue weighted by Gasteiger charge is -2.12. The van der Waals surface area contributed by atoms with Crippen molar-refractivity contribution in [1.82, 2.24) is 10.6 Å². The number of carbonyl (C=O) groups is 1. The molecule has 2 saturated heterocycles.